The highest BCUT2D eigenvalue weighted by Crippen LogP contribution is 2.31. The molecule has 1 amide bonds. The van der Waals surface area contributed by atoms with Gasteiger partial charge in [0.1, 0.15) is 5.82 Å². The monoisotopic (exact) mass is 444 g/mol. The summed E-state index contributed by atoms with van der Waals surface area (Å²) in [5.74, 6) is 0.439. The second-order valence-corrected chi connectivity index (χ2v) is 6.96. The molecule has 1 heterocycles. The molecule has 0 saturated heterocycles. The molecule has 33 heavy (non-hydrogen) atoms. The Morgan fingerprint density at radius 3 is 2.36 bits per heavy atom. The SMILES string of the molecule is COc1cc([N+](=O)[O-])ccc1OCC(=O)Nc1cc(-c2ccccc2)nn1-c1ccccc1. The van der Waals surface area contributed by atoms with Crippen molar-refractivity contribution in [3.63, 3.8) is 0 Å². The van der Waals surface area contributed by atoms with Crippen molar-refractivity contribution in [2.75, 3.05) is 19.0 Å². The average Bonchev–Trinajstić information content (AvgIpc) is 3.27. The summed E-state index contributed by atoms with van der Waals surface area (Å²) in [6, 6.07) is 24.8. The number of benzene rings is 3. The molecule has 0 radical (unpaired) electrons. The van der Waals surface area contributed by atoms with Crippen LogP contribution >= 0.6 is 0 Å². The molecule has 1 N–H and O–H groups in total. The molecule has 0 aliphatic carbocycles. The maximum atomic E-state index is 12.7. The van der Waals surface area contributed by atoms with E-state index in [0.29, 0.717) is 11.5 Å². The summed E-state index contributed by atoms with van der Waals surface area (Å²) in [6.45, 7) is -0.325. The van der Waals surface area contributed by atoms with Gasteiger partial charge in [-0.3, -0.25) is 14.9 Å². The number of nitrogens with zero attached hydrogens (tertiary/aromatic N) is 3. The van der Waals surface area contributed by atoms with Crippen LogP contribution in [0.15, 0.2) is 84.9 Å². The van der Waals surface area contributed by atoms with Gasteiger partial charge in [0.15, 0.2) is 18.1 Å². The number of rotatable bonds is 8. The Bertz CT molecular complexity index is 1270. The molecule has 0 spiro atoms. The number of hydrogen-bond donors (Lipinski definition) is 1. The summed E-state index contributed by atoms with van der Waals surface area (Å²) in [4.78, 5) is 23.1. The van der Waals surface area contributed by atoms with Crippen LogP contribution in [-0.2, 0) is 4.79 Å². The van der Waals surface area contributed by atoms with Gasteiger partial charge in [0.25, 0.3) is 11.6 Å². The number of amides is 1. The van der Waals surface area contributed by atoms with E-state index >= 15 is 0 Å². The maximum Gasteiger partial charge on any atom is 0.273 e. The van der Waals surface area contributed by atoms with Crippen LogP contribution in [0, 0.1) is 10.1 Å². The van der Waals surface area contributed by atoms with Gasteiger partial charge in [-0.1, -0.05) is 48.5 Å². The third kappa shape index (κ3) is 4.99. The molecule has 0 bridgehead atoms. The molecule has 0 unspecified atom stereocenters. The quantitative estimate of drug-likeness (QED) is 0.317. The first kappa shape index (κ1) is 21.6. The van der Waals surface area contributed by atoms with Crippen LogP contribution in [0.3, 0.4) is 0 Å². The van der Waals surface area contributed by atoms with Gasteiger partial charge in [-0.05, 0) is 18.2 Å². The van der Waals surface area contributed by atoms with Crippen molar-refractivity contribution < 1.29 is 19.2 Å². The summed E-state index contributed by atoms with van der Waals surface area (Å²) in [6.07, 6.45) is 0. The number of nitro groups is 1. The van der Waals surface area contributed by atoms with Crippen molar-refractivity contribution in [2.45, 2.75) is 0 Å². The first-order chi connectivity index (χ1) is 16.0. The smallest absolute Gasteiger partial charge is 0.273 e. The van der Waals surface area contributed by atoms with Crippen LogP contribution in [-0.4, -0.2) is 34.3 Å². The zero-order valence-electron chi connectivity index (χ0n) is 17.7. The Morgan fingerprint density at radius 1 is 1.00 bits per heavy atom. The summed E-state index contributed by atoms with van der Waals surface area (Å²) >= 11 is 0. The first-order valence-corrected chi connectivity index (χ1v) is 10.0. The van der Waals surface area contributed by atoms with E-state index in [1.807, 2.05) is 60.7 Å². The van der Waals surface area contributed by atoms with Crippen molar-refractivity contribution >= 4 is 17.4 Å². The fourth-order valence-electron chi connectivity index (χ4n) is 3.20. The predicted molar refractivity (Wildman–Crippen MR) is 123 cm³/mol. The van der Waals surface area contributed by atoms with E-state index < -0.39 is 10.8 Å². The molecule has 0 atom stereocenters. The van der Waals surface area contributed by atoms with E-state index in [9.17, 15) is 14.9 Å². The van der Waals surface area contributed by atoms with Crippen molar-refractivity contribution in [1.29, 1.82) is 0 Å². The Labute approximate surface area is 189 Å². The van der Waals surface area contributed by atoms with Gasteiger partial charge < -0.3 is 14.8 Å². The molecular weight excluding hydrogens is 424 g/mol. The molecule has 0 aliphatic rings. The van der Waals surface area contributed by atoms with Crippen LogP contribution in [0.2, 0.25) is 0 Å². The van der Waals surface area contributed by atoms with E-state index in [2.05, 4.69) is 10.4 Å². The summed E-state index contributed by atoms with van der Waals surface area (Å²) in [7, 11) is 1.37. The fourth-order valence-corrected chi connectivity index (χ4v) is 3.20. The zero-order valence-corrected chi connectivity index (χ0v) is 17.7. The van der Waals surface area contributed by atoms with Gasteiger partial charge >= 0.3 is 0 Å². The van der Waals surface area contributed by atoms with Crippen molar-refractivity contribution in [2.24, 2.45) is 0 Å². The lowest BCUT2D eigenvalue weighted by molar-refractivity contribution is -0.384. The van der Waals surface area contributed by atoms with Crippen molar-refractivity contribution in [3.05, 3.63) is 95.0 Å². The minimum absolute atomic E-state index is 0.135. The summed E-state index contributed by atoms with van der Waals surface area (Å²) < 4.78 is 12.3. The summed E-state index contributed by atoms with van der Waals surface area (Å²) in [5.41, 5.74) is 2.26. The Kier molecular flexibility index (Phi) is 6.31. The van der Waals surface area contributed by atoms with E-state index in [4.69, 9.17) is 9.47 Å². The number of anilines is 1. The molecule has 0 saturated carbocycles. The van der Waals surface area contributed by atoms with Gasteiger partial charge in [0.2, 0.25) is 0 Å². The van der Waals surface area contributed by atoms with E-state index in [1.54, 1.807) is 10.7 Å². The van der Waals surface area contributed by atoms with E-state index in [0.717, 1.165) is 11.3 Å². The minimum Gasteiger partial charge on any atom is -0.493 e. The normalized spacial score (nSPS) is 10.5. The highest BCUT2D eigenvalue weighted by atomic mass is 16.6. The molecule has 9 nitrogen and oxygen atoms in total. The second kappa shape index (κ2) is 9.65. The van der Waals surface area contributed by atoms with Crippen molar-refractivity contribution in [3.8, 4) is 28.4 Å². The van der Waals surface area contributed by atoms with Gasteiger partial charge in [0, 0.05) is 17.7 Å². The second-order valence-electron chi connectivity index (χ2n) is 6.96. The largest absolute Gasteiger partial charge is 0.493 e. The molecule has 3 aromatic carbocycles. The van der Waals surface area contributed by atoms with Gasteiger partial charge in [-0.15, -0.1) is 0 Å². The molecule has 4 aromatic rings. The zero-order chi connectivity index (χ0) is 23.2. The van der Waals surface area contributed by atoms with Crippen molar-refractivity contribution in [1.82, 2.24) is 9.78 Å². The Balaban J connectivity index is 1.54. The van der Waals surface area contributed by atoms with Crippen LogP contribution in [0.1, 0.15) is 0 Å². The number of nitro benzene ring substituents is 1. The fraction of sp³-hybridized carbons (Fsp3) is 0.0833. The molecule has 4 rings (SSSR count). The summed E-state index contributed by atoms with van der Waals surface area (Å²) in [5, 5.41) is 18.4. The van der Waals surface area contributed by atoms with Crippen LogP contribution in [0.4, 0.5) is 11.5 Å². The number of para-hydroxylation sites is 1. The first-order valence-electron chi connectivity index (χ1n) is 10.0. The maximum absolute atomic E-state index is 12.7. The number of carbonyl (C=O) groups is 1. The Morgan fingerprint density at radius 2 is 1.70 bits per heavy atom. The number of nitrogens with one attached hydrogen (secondary N) is 1. The topological polar surface area (TPSA) is 109 Å². The van der Waals surface area contributed by atoms with Gasteiger partial charge in [-0.2, -0.15) is 5.10 Å². The van der Waals surface area contributed by atoms with Crippen LogP contribution in [0.5, 0.6) is 11.5 Å². The van der Waals surface area contributed by atoms with E-state index in [1.165, 1.54) is 25.3 Å². The minimum atomic E-state index is -0.534. The highest BCUT2D eigenvalue weighted by Gasteiger charge is 2.16. The van der Waals surface area contributed by atoms with Crippen LogP contribution in [0.25, 0.3) is 16.9 Å². The number of methoxy groups -OCH3 is 1. The molecule has 0 aliphatic heterocycles. The average molecular weight is 444 g/mol. The Hall–Kier alpha value is -4.66. The third-order valence-corrected chi connectivity index (χ3v) is 4.76. The number of ether oxygens (including phenoxy) is 2. The standard InChI is InChI=1S/C24H20N4O5/c1-32-22-14-19(28(30)31)12-13-21(22)33-16-24(29)25-23-15-20(17-8-4-2-5-9-17)26-27(23)18-10-6-3-7-11-18/h2-15H,16H2,1H3,(H,25,29). The molecule has 1 aromatic heterocycles. The molecule has 166 valence electrons. The number of hydrogen-bond acceptors (Lipinski definition) is 6. The molecule has 9 heteroatoms. The number of non-ortho nitro benzene ring substituents is 1. The third-order valence-electron chi connectivity index (χ3n) is 4.76. The van der Waals surface area contributed by atoms with Gasteiger partial charge in [0.05, 0.1) is 29.5 Å². The lowest BCUT2D eigenvalue weighted by atomic mass is 10.2. The van der Waals surface area contributed by atoms with E-state index in [-0.39, 0.29) is 23.8 Å². The molecule has 0 fully saturated rings. The highest BCUT2D eigenvalue weighted by molar-refractivity contribution is 5.92. The van der Waals surface area contributed by atoms with Gasteiger partial charge in [-0.25, -0.2) is 4.68 Å². The lowest BCUT2D eigenvalue weighted by Crippen LogP contribution is -2.22. The number of aromatic nitrogens is 2. The lowest BCUT2D eigenvalue weighted by Gasteiger charge is -2.11. The number of carbonyl (C=O) groups excluding carboxylic acids is 1. The predicted octanol–water partition coefficient (Wildman–Crippen LogP) is 4.47. The van der Waals surface area contributed by atoms with Crippen LogP contribution < -0.4 is 14.8 Å². The molecular formula is C24H20N4O5.